The predicted octanol–water partition coefficient (Wildman–Crippen LogP) is 9.60. The second-order valence-electron chi connectivity index (χ2n) is 14.6. The number of para-hydroxylation sites is 3. The molecule has 0 spiro atoms. The van der Waals surface area contributed by atoms with Gasteiger partial charge in [-0.15, -0.1) is 4.52 Å². The van der Waals surface area contributed by atoms with Crippen LogP contribution in [0.1, 0.15) is 0 Å². The molecule has 4 aliphatic rings. The number of nitrogens with zero attached hydrogens (tertiary/aromatic N) is 6. The first kappa shape index (κ1) is 44.6. The van der Waals surface area contributed by atoms with Crippen LogP contribution >= 0.6 is 24.6 Å². The number of carbonyl (C=O) groups excluding carboxylic acids is 6. The van der Waals surface area contributed by atoms with Crippen LogP contribution in [0.5, 0.6) is 34.5 Å². The minimum atomic E-state index is -4.35. The molecule has 21 heteroatoms. The van der Waals surface area contributed by atoms with E-state index in [0.29, 0.717) is 17.2 Å². The summed E-state index contributed by atoms with van der Waals surface area (Å²) >= 11 is 0. The average molecular weight is 979 g/mol. The molecule has 69 heavy (non-hydrogen) atoms. The lowest BCUT2D eigenvalue weighted by atomic mass is 10.3. The summed E-state index contributed by atoms with van der Waals surface area (Å²) in [5.41, 5.74) is 0.793. The minimum Gasteiger partial charge on any atom is -0.440 e. The number of amides is 6. The van der Waals surface area contributed by atoms with Gasteiger partial charge in [0.2, 0.25) is 0 Å². The lowest BCUT2D eigenvalue weighted by Gasteiger charge is -2.43. The van der Waals surface area contributed by atoms with E-state index in [1.807, 2.05) is 18.2 Å². The summed E-state index contributed by atoms with van der Waals surface area (Å²) in [7, 11) is -9.28. The molecule has 4 aliphatic heterocycles. The van der Waals surface area contributed by atoms with Crippen LogP contribution in [0.25, 0.3) is 0 Å². The molecule has 0 aromatic heterocycles. The van der Waals surface area contributed by atoms with Crippen LogP contribution in [-0.4, -0.2) is 44.7 Å². The van der Waals surface area contributed by atoms with Crippen molar-refractivity contribution in [1.29, 1.82) is 0 Å². The molecule has 0 aliphatic carbocycles. The summed E-state index contributed by atoms with van der Waals surface area (Å²) in [4.78, 5) is 92.6. The molecule has 0 radical (unpaired) electrons. The topological polar surface area (TPSA) is 186 Å². The van der Waals surface area contributed by atoms with E-state index in [-0.39, 0.29) is 34.3 Å². The Morgan fingerprint density at radius 1 is 0.362 bits per heavy atom. The Morgan fingerprint density at radius 2 is 0.696 bits per heavy atom. The second kappa shape index (κ2) is 19.2. The van der Waals surface area contributed by atoms with Crippen molar-refractivity contribution in [2.45, 2.75) is 0 Å². The highest BCUT2D eigenvalue weighted by Gasteiger charge is 2.58. The van der Waals surface area contributed by atoms with Gasteiger partial charge in [0.1, 0.15) is 34.5 Å². The molecule has 2 unspecified atom stereocenters. The number of imide groups is 3. The zero-order valence-corrected chi connectivity index (χ0v) is 38.2. The first-order valence-corrected chi connectivity index (χ1v) is 24.5. The van der Waals surface area contributed by atoms with Gasteiger partial charge in [0.05, 0.1) is 17.1 Å². The lowest BCUT2D eigenvalue weighted by molar-refractivity contribution is -0.121. The SMILES string of the molecule is O=C1C=CC(=O)N1c1ccc(ON2P(Oc3ccccc3)N(Oc3ccccc3)P(Oc3ccccc3)N=P2(Oc2ccc(N3C(=O)C=CC3=O)cc2)Oc2ccc(N3C(=O)C=CC3=O)cc2)cc1. The molecule has 0 fully saturated rings. The summed E-state index contributed by atoms with van der Waals surface area (Å²) < 4.78 is 35.6. The highest BCUT2D eigenvalue weighted by molar-refractivity contribution is 7.78. The largest absolute Gasteiger partial charge is 0.447 e. The number of hydrogen-bond acceptors (Lipinski definition) is 15. The zero-order chi connectivity index (χ0) is 47.5. The molecule has 0 saturated heterocycles. The van der Waals surface area contributed by atoms with E-state index in [1.165, 1.54) is 118 Å². The molecule has 2 atom stereocenters. The van der Waals surface area contributed by atoms with E-state index >= 15 is 0 Å². The van der Waals surface area contributed by atoms with Crippen molar-refractivity contribution in [2.75, 3.05) is 14.7 Å². The number of carbonyl (C=O) groups is 6. The van der Waals surface area contributed by atoms with Gasteiger partial charge in [-0.05, 0) is 109 Å². The van der Waals surface area contributed by atoms with Crippen LogP contribution in [0, 0.1) is 0 Å². The van der Waals surface area contributed by atoms with Crippen molar-refractivity contribution >= 4 is 77.1 Å². The molecule has 6 amide bonds. The molecule has 18 nitrogen and oxygen atoms in total. The van der Waals surface area contributed by atoms with Crippen molar-refractivity contribution in [2.24, 2.45) is 4.52 Å². The van der Waals surface area contributed by atoms with Crippen molar-refractivity contribution in [1.82, 2.24) is 9.21 Å². The molecule has 4 heterocycles. The normalized spacial score (nSPS) is 18.8. The summed E-state index contributed by atoms with van der Waals surface area (Å²) in [6.07, 6.45) is 7.04. The number of anilines is 3. The molecule has 342 valence electrons. The van der Waals surface area contributed by atoms with E-state index in [0.717, 1.165) is 14.7 Å². The van der Waals surface area contributed by atoms with E-state index in [4.69, 9.17) is 32.3 Å². The minimum absolute atomic E-state index is 0.128. The molecule has 10 rings (SSSR count). The van der Waals surface area contributed by atoms with Crippen LogP contribution in [-0.2, 0) is 28.8 Å². The van der Waals surface area contributed by atoms with Crippen LogP contribution in [0.2, 0.25) is 0 Å². The molecule has 0 saturated carbocycles. The second-order valence-corrected chi connectivity index (χ2v) is 20.1. The number of hydrogen-bond donors (Lipinski definition) is 0. The van der Waals surface area contributed by atoms with Gasteiger partial charge in [-0.3, -0.25) is 28.8 Å². The molecule has 0 bridgehead atoms. The van der Waals surface area contributed by atoms with Gasteiger partial charge in [-0.1, -0.05) is 54.6 Å². The van der Waals surface area contributed by atoms with Gasteiger partial charge in [0, 0.05) is 45.7 Å². The van der Waals surface area contributed by atoms with E-state index < -0.39 is 60.0 Å². The van der Waals surface area contributed by atoms with Gasteiger partial charge in [0.25, 0.3) is 35.4 Å². The maximum Gasteiger partial charge on any atom is 0.447 e. The predicted molar refractivity (Wildman–Crippen MR) is 254 cm³/mol. The first-order chi connectivity index (χ1) is 33.6. The maximum absolute atomic E-state index is 12.7. The Balaban J connectivity index is 1.16. The summed E-state index contributed by atoms with van der Waals surface area (Å²) in [6, 6.07) is 44.8. The molecule has 0 N–H and O–H groups in total. The summed E-state index contributed by atoms with van der Waals surface area (Å²) in [6.45, 7) is 0. The fourth-order valence-corrected chi connectivity index (χ4v) is 14.3. The van der Waals surface area contributed by atoms with Gasteiger partial charge in [-0.25, -0.2) is 14.7 Å². The third-order valence-corrected chi connectivity index (χ3v) is 16.8. The Labute approximate surface area is 395 Å². The third-order valence-electron chi connectivity index (χ3n) is 9.98. The standard InChI is InChI=1S/C48H33N6O12P3/c55-43-28-29-44(56)50(43)34-16-22-38(23-17-34)62-54-68(64-40-14-8-3-9-15-40)53(61-37-10-4-1-5-11-37)67(63-39-12-6-2-7-13-39)49-69(54,65-41-24-18-35(19-25-41)51-45(57)30-31-46(51)58)66-42-26-20-36(21-27-42)52-47(59)32-33-48(52)60/h1-33H. The van der Waals surface area contributed by atoms with Crippen LogP contribution in [0.15, 0.2) is 205 Å². The number of rotatable bonds is 15. The Morgan fingerprint density at radius 3 is 1.09 bits per heavy atom. The molecule has 6 aromatic carbocycles. The molecular weight excluding hydrogens is 945 g/mol. The van der Waals surface area contributed by atoms with Crippen LogP contribution in [0.4, 0.5) is 17.1 Å². The first-order valence-electron chi connectivity index (χ1n) is 20.7. The maximum atomic E-state index is 12.7. The average Bonchev–Trinajstić information content (AvgIpc) is 4.02. The zero-order valence-electron chi connectivity index (χ0n) is 35.5. The van der Waals surface area contributed by atoms with E-state index in [1.54, 1.807) is 72.8 Å². The van der Waals surface area contributed by atoms with Gasteiger partial charge >= 0.3 is 24.6 Å². The molecular formula is C48H33N6O12P3. The fourth-order valence-electron chi connectivity index (χ4n) is 6.83. The highest BCUT2D eigenvalue weighted by atomic mass is 31.3. The Kier molecular flexibility index (Phi) is 12.4. The highest BCUT2D eigenvalue weighted by Crippen LogP contribution is 2.77. The Hall–Kier alpha value is -8.23. The van der Waals surface area contributed by atoms with Crippen molar-refractivity contribution in [3.8, 4) is 34.5 Å². The van der Waals surface area contributed by atoms with E-state index in [2.05, 4.69) is 0 Å². The smallest absolute Gasteiger partial charge is 0.440 e. The van der Waals surface area contributed by atoms with Crippen molar-refractivity contribution < 1.29 is 56.5 Å². The monoisotopic (exact) mass is 978 g/mol. The van der Waals surface area contributed by atoms with E-state index in [9.17, 15) is 28.8 Å². The fraction of sp³-hybridized carbons (Fsp3) is 0. The van der Waals surface area contributed by atoms with Crippen LogP contribution in [0.3, 0.4) is 0 Å². The van der Waals surface area contributed by atoms with Crippen molar-refractivity contribution in [3.63, 3.8) is 0 Å². The van der Waals surface area contributed by atoms with Gasteiger partial charge in [0.15, 0.2) is 0 Å². The summed E-state index contributed by atoms with van der Waals surface area (Å²) in [5, 5.41) is 0. The Bertz CT molecular complexity index is 2980. The number of benzene rings is 6. The summed E-state index contributed by atoms with van der Waals surface area (Å²) in [5.74, 6) is -1.60. The molecule has 6 aromatic rings. The van der Waals surface area contributed by atoms with Gasteiger partial charge < -0.3 is 27.8 Å². The lowest BCUT2D eigenvalue weighted by Crippen LogP contribution is -2.37. The quantitative estimate of drug-likeness (QED) is 0.0699. The van der Waals surface area contributed by atoms with Crippen LogP contribution < -0.4 is 42.5 Å². The van der Waals surface area contributed by atoms with Crippen molar-refractivity contribution in [3.05, 3.63) is 200 Å². The van der Waals surface area contributed by atoms with Gasteiger partial charge in [-0.2, -0.15) is 0 Å². The third kappa shape index (κ3) is 9.39.